The van der Waals surface area contributed by atoms with Crippen molar-refractivity contribution in [3.05, 3.63) is 36.2 Å². The summed E-state index contributed by atoms with van der Waals surface area (Å²) in [5.74, 6) is -1.03. The van der Waals surface area contributed by atoms with Crippen molar-refractivity contribution in [1.29, 1.82) is 0 Å². The number of nitrogens with zero attached hydrogens (tertiary/aromatic N) is 3. The molecule has 10 nitrogen and oxygen atoms in total. The Labute approximate surface area is 216 Å². The van der Waals surface area contributed by atoms with Gasteiger partial charge in [-0.3, -0.25) is 19.7 Å². The molecule has 0 bridgehead atoms. The molecule has 5 atom stereocenters. The summed E-state index contributed by atoms with van der Waals surface area (Å²) in [7, 11) is 0. The van der Waals surface area contributed by atoms with Crippen LogP contribution in [0.3, 0.4) is 0 Å². The van der Waals surface area contributed by atoms with Gasteiger partial charge in [0.2, 0.25) is 17.7 Å². The van der Waals surface area contributed by atoms with E-state index < -0.39 is 29.9 Å². The highest BCUT2D eigenvalue weighted by Gasteiger charge is 2.69. The average molecular weight is 509 g/mol. The van der Waals surface area contributed by atoms with Gasteiger partial charge in [0, 0.05) is 17.3 Å². The lowest BCUT2D eigenvalue weighted by molar-refractivity contribution is -0.145. The van der Waals surface area contributed by atoms with Crippen LogP contribution in [0, 0.1) is 22.7 Å². The molecule has 1 aromatic heterocycles. The van der Waals surface area contributed by atoms with E-state index in [4.69, 9.17) is 10.5 Å². The highest BCUT2D eigenvalue weighted by molar-refractivity contribution is 5.96. The van der Waals surface area contributed by atoms with Gasteiger partial charge in [-0.05, 0) is 22.7 Å². The van der Waals surface area contributed by atoms with Crippen molar-refractivity contribution in [2.45, 2.75) is 58.8 Å². The van der Waals surface area contributed by atoms with Crippen LogP contribution in [0.4, 0.5) is 0 Å². The van der Waals surface area contributed by atoms with Gasteiger partial charge >= 0.3 is 0 Å². The Morgan fingerprint density at radius 2 is 1.89 bits per heavy atom. The highest BCUT2D eigenvalue weighted by atomic mass is 16.5. The first-order chi connectivity index (χ1) is 17.4. The van der Waals surface area contributed by atoms with Crippen molar-refractivity contribution in [3.8, 4) is 0 Å². The molecule has 3 amide bonds. The number of amides is 3. The van der Waals surface area contributed by atoms with E-state index in [-0.39, 0.29) is 34.6 Å². The minimum atomic E-state index is -1.17. The zero-order chi connectivity index (χ0) is 26.7. The second-order valence-electron chi connectivity index (χ2n) is 12.3. The van der Waals surface area contributed by atoms with Crippen molar-refractivity contribution < 1.29 is 19.1 Å². The number of nitrogens with one attached hydrogen (secondary N) is 2. The molecule has 3 aliphatic rings. The predicted octanol–water partition coefficient (Wildman–Crippen LogP) is 1.16. The number of aromatic nitrogens is 2. The second-order valence-corrected chi connectivity index (χ2v) is 12.3. The number of hydrogen-bond acceptors (Lipinski definition) is 7. The molecule has 0 spiro atoms. The van der Waals surface area contributed by atoms with E-state index in [1.165, 1.54) is 0 Å². The SMILES string of the molecule is CC(C)(C)C(NC1COC1)C(=O)N1CC2C(C1C(=O)NC(C(N)=O)c1nncc3ccccc13)C2(C)C. The fourth-order valence-corrected chi connectivity index (χ4v) is 6.00. The van der Waals surface area contributed by atoms with Gasteiger partial charge in [-0.1, -0.05) is 58.9 Å². The molecule has 5 rings (SSSR count). The first kappa shape index (κ1) is 25.5. The molecule has 1 aromatic carbocycles. The van der Waals surface area contributed by atoms with Crippen LogP contribution in [0.5, 0.6) is 0 Å². The largest absolute Gasteiger partial charge is 0.378 e. The van der Waals surface area contributed by atoms with E-state index >= 15 is 0 Å². The molecule has 2 aromatic rings. The zero-order valence-corrected chi connectivity index (χ0v) is 22.0. The molecule has 3 heterocycles. The summed E-state index contributed by atoms with van der Waals surface area (Å²) < 4.78 is 5.30. The summed E-state index contributed by atoms with van der Waals surface area (Å²) in [5, 5.41) is 15.9. The van der Waals surface area contributed by atoms with Crippen molar-refractivity contribution in [1.82, 2.24) is 25.7 Å². The van der Waals surface area contributed by atoms with E-state index in [0.29, 0.717) is 30.8 Å². The third-order valence-corrected chi connectivity index (χ3v) is 8.36. The Hall–Kier alpha value is -3.11. The Morgan fingerprint density at radius 3 is 2.51 bits per heavy atom. The van der Waals surface area contributed by atoms with Crippen LogP contribution in [0.1, 0.15) is 46.4 Å². The molecular weight excluding hydrogens is 472 g/mol. The summed E-state index contributed by atoms with van der Waals surface area (Å²) in [6.45, 7) is 11.9. The number of likely N-dealkylation sites (tertiary alicyclic amines) is 1. The van der Waals surface area contributed by atoms with Crippen molar-refractivity contribution >= 4 is 28.5 Å². The first-order valence-corrected chi connectivity index (χ1v) is 12.9. The molecule has 2 saturated heterocycles. The van der Waals surface area contributed by atoms with Gasteiger partial charge in [0.15, 0.2) is 6.04 Å². The standard InChI is InChI=1S/C27H36N6O4/c1-26(2,3)22(30-15-12-37-13-15)25(36)33-11-17-18(27(17,4)5)21(33)24(35)31-20(23(28)34)19-16-9-7-6-8-14(16)10-29-32-19/h6-10,15,17-18,20-22,30H,11-13H2,1-5H3,(H2,28,34)(H,31,35). The number of rotatable bonds is 7. The first-order valence-electron chi connectivity index (χ1n) is 12.9. The molecule has 1 saturated carbocycles. The minimum Gasteiger partial charge on any atom is -0.378 e. The molecule has 4 N–H and O–H groups in total. The number of carbonyl (C=O) groups is 3. The van der Waals surface area contributed by atoms with Crippen LogP contribution >= 0.6 is 0 Å². The van der Waals surface area contributed by atoms with Crippen LogP contribution in [0.15, 0.2) is 30.5 Å². The quantitative estimate of drug-likeness (QED) is 0.510. The third-order valence-electron chi connectivity index (χ3n) is 8.36. The fraction of sp³-hybridized carbons (Fsp3) is 0.593. The smallest absolute Gasteiger partial charge is 0.246 e. The molecule has 0 radical (unpaired) electrons. The van der Waals surface area contributed by atoms with Gasteiger partial charge in [0.05, 0.1) is 31.5 Å². The van der Waals surface area contributed by atoms with Gasteiger partial charge in [-0.25, -0.2) is 0 Å². The zero-order valence-electron chi connectivity index (χ0n) is 22.0. The Morgan fingerprint density at radius 1 is 1.19 bits per heavy atom. The van der Waals surface area contributed by atoms with E-state index in [1.54, 1.807) is 11.1 Å². The van der Waals surface area contributed by atoms with Crippen LogP contribution < -0.4 is 16.4 Å². The van der Waals surface area contributed by atoms with E-state index in [0.717, 1.165) is 5.39 Å². The van der Waals surface area contributed by atoms with Gasteiger partial charge in [0.1, 0.15) is 11.7 Å². The van der Waals surface area contributed by atoms with Crippen molar-refractivity contribution in [2.24, 2.45) is 28.4 Å². The number of carbonyl (C=O) groups excluding carboxylic acids is 3. The number of nitrogens with two attached hydrogens (primary N) is 1. The Kier molecular flexibility index (Phi) is 6.23. The van der Waals surface area contributed by atoms with Crippen molar-refractivity contribution in [2.75, 3.05) is 19.8 Å². The molecular formula is C27H36N6O4. The molecule has 10 heteroatoms. The van der Waals surface area contributed by atoms with Crippen LogP contribution in [0.2, 0.25) is 0 Å². The van der Waals surface area contributed by atoms with Gasteiger partial charge in [-0.2, -0.15) is 10.2 Å². The fourth-order valence-electron chi connectivity index (χ4n) is 6.00. The number of primary amides is 1. The highest BCUT2D eigenvalue weighted by Crippen LogP contribution is 2.65. The number of hydrogen-bond donors (Lipinski definition) is 3. The Bertz CT molecular complexity index is 1230. The number of fused-ring (bicyclic) bond motifs is 2. The predicted molar refractivity (Wildman–Crippen MR) is 137 cm³/mol. The van der Waals surface area contributed by atoms with E-state index in [9.17, 15) is 14.4 Å². The van der Waals surface area contributed by atoms with Crippen LogP contribution in [-0.2, 0) is 19.1 Å². The second kappa shape index (κ2) is 9.02. The monoisotopic (exact) mass is 508 g/mol. The summed E-state index contributed by atoms with van der Waals surface area (Å²) in [6, 6.07) is 5.11. The van der Waals surface area contributed by atoms with Crippen LogP contribution in [-0.4, -0.2) is 70.7 Å². The molecule has 3 fully saturated rings. The third kappa shape index (κ3) is 4.46. The van der Waals surface area contributed by atoms with Crippen molar-refractivity contribution in [3.63, 3.8) is 0 Å². The number of ether oxygens (including phenoxy) is 1. The molecule has 37 heavy (non-hydrogen) atoms. The van der Waals surface area contributed by atoms with Gasteiger partial charge in [0.25, 0.3) is 0 Å². The normalized spacial score (nSPS) is 26.2. The molecule has 1 aliphatic carbocycles. The molecule has 5 unspecified atom stereocenters. The summed E-state index contributed by atoms with van der Waals surface area (Å²) in [5.41, 5.74) is 5.60. The summed E-state index contributed by atoms with van der Waals surface area (Å²) >= 11 is 0. The van der Waals surface area contributed by atoms with E-state index in [1.807, 2.05) is 45.0 Å². The lowest BCUT2D eigenvalue weighted by Crippen LogP contribution is -2.62. The Balaban J connectivity index is 1.43. The molecule has 2 aliphatic heterocycles. The van der Waals surface area contributed by atoms with Crippen LogP contribution in [0.25, 0.3) is 10.8 Å². The number of benzene rings is 1. The topological polar surface area (TPSA) is 140 Å². The maximum absolute atomic E-state index is 14.0. The summed E-state index contributed by atoms with van der Waals surface area (Å²) in [4.78, 5) is 42.1. The number of piperidine rings is 1. The molecule has 198 valence electrons. The maximum atomic E-state index is 14.0. The summed E-state index contributed by atoms with van der Waals surface area (Å²) in [6.07, 6.45) is 1.60. The van der Waals surface area contributed by atoms with Gasteiger partial charge in [-0.15, -0.1) is 0 Å². The van der Waals surface area contributed by atoms with E-state index in [2.05, 4.69) is 34.7 Å². The van der Waals surface area contributed by atoms with Gasteiger partial charge < -0.3 is 20.7 Å². The maximum Gasteiger partial charge on any atom is 0.246 e. The lowest BCUT2D eigenvalue weighted by Gasteiger charge is -2.41. The average Bonchev–Trinajstić information content (AvgIpc) is 3.14. The lowest BCUT2D eigenvalue weighted by atomic mass is 9.84. The minimum absolute atomic E-state index is 0.00349.